The molecule has 1 aromatic heterocycles. The van der Waals surface area contributed by atoms with E-state index in [4.69, 9.17) is 21.4 Å². The van der Waals surface area contributed by atoms with Crippen LogP contribution in [0.25, 0.3) is 10.9 Å². The minimum Gasteiger partial charge on any atom is -0.466 e. The Kier molecular flexibility index (Phi) is 8.99. The number of ether oxygens (including phenoxy) is 1. The van der Waals surface area contributed by atoms with Crippen molar-refractivity contribution in [2.75, 3.05) is 19.7 Å². The zero-order valence-electron chi connectivity index (χ0n) is 23.0. The normalized spacial score (nSPS) is 14.5. The number of aromatic nitrogens is 2. The summed E-state index contributed by atoms with van der Waals surface area (Å²) in [4.78, 5) is 40.6. The SMILES string of the molecule is CCOC(=O)C1CCN(C(=O)C(Cn2cc3ccc(C(=O)NCc4cccc(Cl)c4)cc3n2)c2ccccc2)CC1. The number of hydrogen-bond acceptors (Lipinski definition) is 5. The highest BCUT2D eigenvalue weighted by atomic mass is 35.5. The van der Waals surface area contributed by atoms with Crippen molar-refractivity contribution in [2.24, 2.45) is 5.92 Å². The molecule has 41 heavy (non-hydrogen) atoms. The van der Waals surface area contributed by atoms with Gasteiger partial charge in [0.15, 0.2) is 0 Å². The van der Waals surface area contributed by atoms with Crippen LogP contribution in [0.4, 0.5) is 0 Å². The van der Waals surface area contributed by atoms with Crippen molar-refractivity contribution in [3.8, 4) is 0 Å². The average molecular weight is 573 g/mol. The summed E-state index contributed by atoms with van der Waals surface area (Å²) in [5, 5.41) is 9.15. The second kappa shape index (κ2) is 13.0. The second-order valence-electron chi connectivity index (χ2n) is 10.3. The van der Waals surface area contributed by atoms with E-state index >= 15 is 0 Å². The molecular formula is C32H33ClN4O4. The summed E-state index contributed by atoms with van der Waals surface area (Å²) in [6.07, 6.45) is 3.10. The Bertz CT molecular complexity index is 1530. The lowest BCUT2D eigenvalue weighted by Crippen LogP contribution is -2.43. The van der Waals surface area contributed by atoms with Crippen molar-refractivity contribution in [2.45, 2.75) is 38.8 Å². The third-order valence-electron chi connectivity index (χ3n) is 7.46. The lowest BCUT2D eigenvalue weighted by atomic mass is 9.93. The van der Waals surface area contributed by atoms with E-state index in [1.54, 1.807) is 29.8 Å². The monoisotopic (exact) mass is 572 g/mol. The molecule has 1 aliphatic heterocycles. The average Bonchev–Trinajstić information content (AvgIpc) is 3.41. The third-order valence-corrected chi connectivity index (χ3v) is 7.69. The van der Waals surface area contributed by atoms with Gasteiger partial charge < -0.3 is 15.0 Å². The number of fused-ring (bicyclic) bond motifs is 1. The molecule has 9 heteroatoms. The Labute approximate surface area is 244 Å². The Hall–Kier alpha value is -4.17. The van der Waals surface area contributed by atoms with Gasteiger partial charge in [-0.25, -0.2) is 0 Å². The first kappa shape index (κ1) is 28.4. The van der Waals surface area contributed by atoms with Crippen molar-refractivity contribution >= 4 is 40.3 Å². The second-order valence-corrected chi connectivity index (χ2v) is 10.7. The van der Waals surface area contributed by atoms with Gasteiger partial charge in [-0.05, 0) is 55.2 Å². The fraction of sp³-hybridized carbons (Fsp3) is 0.312. The lowest BCUT2D eigenvalue weighted by molar-refractivity contribution is -0.151. The first-order chi connectivity index (χ1) is 19.9. The number of hydrogen-bond donors (Lipinski definition) is 1. The van der Waals surface area contributed by atoms with Gasteiger partial charge in [0.1, 0.15) is 0 Å². The summed E-state index contributed by atoms with van der Waals surface area (Å²) in [6, 6.07) is 22.5. The first-order valence-corrected chi connectivity index (χ1v) is 14.3. The molecule has 1 fully saturated rings. The number of amides is 2. The molecule has 1 aliphatic rings. The van der Waals surface area contributed by atoms with E-state index in [-0.39, 0.29) is 23.7 Å². The Balaban J connectivity index is 1.29. The van der Waals surface area contributed by atoms with Gasteiger partial charge in [-0.15, -0.1) is 0 Å². The van der Waals surface area contributed by atoms with E-state index in [9.17, 15) is 14.4 Å². The van der Waals surface area contributed by atoms with Crippen LogP contribution in [-0.4, -0.2) is 52.2 Å². The van der Waals surface area contributed by atoms with Crippen molar-refractivity contribution in [1.82, 2.24) is 20.0 Å². The number of likely N-dealkylation sites (tertiary alicyclic amines) is 1. The van der Waals surface area contributed by atoms with E-state index in [1.165, 1.54) is 0 Å². The van der Waals surface area contributed by atoms with Crippen molar-refractivity contribution in [1.29, 1.82) is 0 Å². The fourth-order valence-corrected chi connectivity index (χ4v) is 5.46. The van der Waals surface area contributed by atoms with Crippen LogP contribution in [0, 0.1) is 5.92 Å². The highest BCUT2D eigenvalue weighted by molar-refractivity contribution is 6.30. The maximum absolute atomic E-state index is 13.8. The summed E-state index contributed by atoms with van der Waals surface area (Å²) in [5.74, 6) is -0.975. The largest absolute Gasteiger partial charge is 0.466 e. The molecule has 2 amide bonds. The molecule has 1 unspecified atom stereocenters. The van der Waals surface area contributed by atoms with Crippen molar-refractivity contribution < 1.29 is 19.1 Å². The van der Waals surface area contributed by atoms with E-state index in [0.717, 1.165) is 16.5 Å². The van der Waals surface area contributed by atoms with Crippen molar-refractivity contribution in [3.63, 3.8) is 0 Å². The van der Waals surface area contributed by atoms with Gasteiger partial charge in [-0.3, -0.25) is 19.1 Å². The van der Waals surface area contributed by atoms with Gasteiger partial charge in [-0.2, -0.15) is 5.10 Å². The van der Waals surface area contributed by atoms with Gasteiger partial charge in [-0.1, -0.05) is 60.1 Å². The van der Waals surface area contributed by atoms with Gasteiger partial charge in [0, 0.05) is 41.8 Å². The van der Waals surface area contributed by atoms with E-state index in [1.807, 2.05) is 65.7 Å². The predicted octanol–water partition coefficient (Wildman–Crippen LogP) is 5.21. The number of nitrogens with one attached hydrogen (secondary N) is 1. The van der Waals surface area contributed by atoms with Crippen LogP contribution in [-0.2, 0) is 27.4 Å². The molecule has 1 atom stereocenters. The van der Waals surface area contributed by atoms with Crippen LogP contribution < -0.4 is 5.32 Å². The smallest absolute Gasteiger partial charge is 0.309 e. The Morgan fingerprint density at radius 1 is 1.02 bits per heavy atom. The molecule has 0 spiro atoms. The quantitative estimate of drug-likeness (QED) is 0.278. The van der Waals surface area contributed by atoms with Crippen LogP contribution >= 0.6 is 11.6 Å². The number of halogens is 1. The highest BCUT2D eigenvalue weighted by Crippen LogP contribution is 2.26. The van der Waals surface area contributed by atoms with Gasteiger partial charge >= 0.3 is 5.97 Å². The Morgan fingerprint density at radius 3 is 2.54 bits per heavy atom. The van der Waals surface area contributed by atoms with Crippen LogP contribution in [0.5, 0.6) is 0 Å². The minimum atomic E-state index is -0.440. The molecule has 212 valence electrons. The summed E-state index contributed by atoms with van der Waals surface area (Å²) in [6.45, 7) is 3.91. The Morgan fingerprint density at radius 2 is 1.80 bits per heavy atom. The van der Waals surface area contributed by atoms with Crippen LogP contribution in [0.1, 0.15) is 47.2 Å². The van der Waals surface area contributed by atoms with Crippen molar-refractivity contribution in [3.05, 3.63) is 101 Å². The third kappa shape index (κ3) is 6.95. The van der Waals surface area contributed by atoms with Crippen LogP contribution in [0.15, 0.2) is 79.0 Å². The van der Waals surface area contributed by atoms with Crippen LogP contribution in [0.3, 0.4) is 0 Å². The molecule has 0 radical (unpaired) electrons. The number of nitrogens with zero attached hydrogens (tertiary/aromatic N) is 3. The van der Waals surface area contributed by atoms with E-state index in [0.29, 0.717) is 61.7 Å². The zero-order chi connectivity index (χ0) is 28.8. The molecule has 0 saturated carbocycles. The standard InChI is InChI=1S/C32H33ClN4O4/c1-2-41-32(40)24-13-15-36(16-14-24)31(39)28(23-8-4-3-5-9-23)21-37-20-26-12-11-25(18-29(26)35-37)30(38)34-19-22-7-6-10-27(33)17-22/h3-12,17-18,20,24,28H,2,13-16,19,21H2,1H3,(H,34,38). The summed E-state index contributed by atoms with van der Waals surface area (Å²) in [7, 11) is 0. The molecule has 8 nitrogen and oxygen atoms in total. The zero-order valence-corrected chi connectivity index (χ0v) is 23.7. The van der Waals surface area contributed by atoms with E-state index in [2.05, 4.69) is 5.32 Å². The first-order valence-electron chi connectivity index (χ1n) is 13.9. The topological polar surface area (TPSA) is 93.5 Å². The number of carbonyl (C=O) groups excluding carboxylic acids is 3. The summed E-state index contributed by atoms with van der Waals surface area (Å²) >= 11 is 6.05. The maximum atomic E-state index is 13.8. The number of rotatable bonds is 9. The number of esters is 1. The summed E-state index contributed by atoms with van der Waals surface area (Å²) < 4.78 is 6.96. The van der Waals surface area contributed by atoms with Gasteiger partial charge in [0.05, 0.1) is 30.5 Å². The number of carbonyl (C=O) groups is 3. The molecule has 5 rings (SSSR count). The minimum absolute atomic E-state index is 0.0131. The van der Waals surface area contributed by atoms with Gasteiger partial charge in [0.25, 0.3) is 5.91 Å². The van der Waals surface area contributed by atoms with E-state index < -0.39 is 5.92 Å². The highest BCUT2D eigenvalue weighted by Gasteiger charge is 2.32. The summed E-state index contributed by atoms with van der Waals surface area (Å²) in [5.41, 5.74) is 3.00. The number of benzene rings is 3. The molecule has 1 saturated heterocycles. The number of piperidine rings is 1. The predicted molar refractivity (Wildman–Crippen MR) is 157 cm³/mol. The molecule has 0 aliphatic carbocycles. The lowest BCUT2D eigenvalue weighted by Gasteiger charge is -2.33. The molecule has 4 aromatic rings. The molecule has 0 bridgehead atoms. The molecule has 3 aromatic carbocycles. The fourth-order valence-electron chi connectivity index (χ4n) is 5.25. The molecular weight excluding hydrogens is 540 g/mol. The molecule has 1 N–H and O–H groups in total. The van der Waals surface area contributed by atoms with Gasteiger partial charge in [0.2, 0.25) is 5.91 Å². The molecule has 2 heterocycles. The maximum Gasteiger partial charge on any atom is 0.309 e. The van der Waals surface area contributed by atoms with Crippen LogP contribution in [0.2, 0.25) is 5.02 Å².